The molecular formula is C47H47FN4O6. The summed E-state index contributed by atoms with van der Waals surface area (Å²) in [5.74, 6) is 0.582. The minimum absolute atomic E-state index is 0.0922. The van der Waals surface area contributed by atoms with Gasteiger partial charge in [0.15, 0.2) is 0 Å². The van der Waals surface area contributed by atoms with E-state index < -0.39 is 23.8 Å². The molecule has 298 valence electrons. The number of anilines is 1. The predicted octanol–water partition coefficient (Wildman–Crippen LogP) is 6.55. The van der Waals surface area contributed by atoms with Crippen LogP contribution in [0.4, 0.5) is 10.1 Å². The quantitative estimate of drug-likeness (QED) is 0.203. The third kappa shape index (κ3) is 6.63. The Balaban J connectivity index is 0.737. The van der Waals surface area contributed by atoms with Gasteiger partial charge < -0.3 is 14.7 Å². The zero-order valence-corrected chi connectivity index (χ0v) is 32.3. The number of aryl methyl sites for hydroxylation is 1. The summed E-state index contributed by atoms with van der Waals surface area (Å²) in [5.41, 5.74) is 6.22. The molecule has 10 nitrogen and oxygen atoms in total. The molecule has 3 heterocycles. The number of fused-ring (bicyclic) bond motifs is 3. The van der Waals surface area contributed by atoms with Crippen molar-refractivity contribution >= 4 is 29.3 Å². The van der Waals surface area contributed by atoms with Crippen LogP contribution < -0.4 is 15.0 Å². The number of halogens is 1. The number of phenols is 1. The number of amides is 4. The zero-order valence-electron chi connectivity index (χ0n) is 32.3. The predicted molar refractivity (Wildman–Crippen MR) is 214 cm³/mol. The number of ether oxygens (including phenoxy) is 1. The monoisotopic (exact) mass is 782 g/mol. The van der Waals surface area contributed by atoms with Gasteiger partial charge in [-0.1, -0.05) is 30.3 Å². The largest absolute Gasteiger partial charge is 0.508 e. The normalized spacial score (nSPS) is 28.3. The minimum Gasteiger partial charge on any atom is -0.508 e. The van der Waals surface area contributed by atoms with E-state index in [2.05, 4.69) is 39.4 Å². The van der Waals surface area contributed by atoms with E-state index in [0.717, 1.165) is 73.8 Å². The molecule has 0 aromatic heterocycles. The first-order chi connectivity index (χ1) is 28.2. The summed E-state index contributed by atoms with van der Waals surface area (Å²) in [6.45, 7) is 3.50. The van der Waals surface area contributed by atoms with Crippen molar-refractivity contribution in [3.63, 3.8) is 0 Å². The van der Waals surface area contributed by atoms with Crippen LogP contribution >= 0.6 is 0 Å². The molecule has 2 saturated heterocycles. The van der Waals surface area contributed by atoms with Gasteiger partial charge in [-0.3, -0.25) is 34.3 Å². The number of carbonyl (C=O) groups is 4. The van der Waals surface area contributed by atoms with Crippen LogP contribution in [0.2, 0.25) is 0 Å². The molecule has 3 aliphatic heterocycles. The fourth-order valence-corrected chi connectivity index (χ4v) is 11.2. The van der Waals surface area contributed by atoms with Crippen molar-refractivity contribution in [2.75, 3.05) is 31.1 Å². The Labute approximate surface area is 337 Å². The highest BCUT2D eigenvalue weighted by atomic mass is 19.1. The van der Waals surface area contributed by atoms with E-state index in [1.54, 1.807) is 30.3 Å². The molecule has 6 aliphatic rings. The molecule has 0 bridgehead atoms. The molecule has 4 aromatic carbocycles. The molecule has 0 radical (unpaired) electrons. The Kier molecular flexibility index (Phi) is 9.31. The summed E-state index contributed by atoms with van der Waals surface area (Å²) in [7, 11) is 0. The molecule has 11 heteroatoms. The van der Waals surface area contributed by atoms with Crippen molar-refractivity contribution < 1.29 is 33.4 Å². The van der Waals surface area contributed by atoms with E-state index in [4.69, 9.17) is 4.74 Å². The second kappa shape index (κ2) is 14.7. The van der Waals surface area contributed by atoms with E-state index in [0.29, 0.717) is 29.0 Å². The van der Waals surface area contributed by atoms with Crippen LogP contribution in [0.1, 0.15) is 99.8 Å². The summed E-state index contributed by atoms with van der Waals surface area (Å²) in [5, 5.41) is 12.5. The van der Waals surface area contributed by atoms with Crippen LogP contribution in [0.3, 0.4) is 0 Å². The third-order valence-electron chi connectivity index (χ3n) is 14.0. The van der Waals surface area contributed by atoms with Crippen molar-refractivity contribution in [1.82, 2.24) is 15.1 Å². The highest BCUT2D eigenvalue weighted by Crippen LogP contribution is 2.49. The van der Waals surface area contributed by atoms with Crippen molar-refractivity contribution in [1.29, 1.82) is 0 Å². The average molecular weight is 783 g/mol. The summed E-state index contributed by atoms with van der Waals surface area (Å²) >= 11 is 0. The first-order valence-corrected chi connectivity index (χ1v) is 20.9. The molecule has 58 heavy (non-hydrogen) atoms. The highest BCUT2D eigenvalue weighted by Gasteiger charge is 2.46. The van der Waals surface area contributed by atoms with Gasteiger partial charge >= 0.3 is 0 Å². The Hall–Kier alpha value is -5.55. The number of carbonyl (C=O) groups excluding carboxylic acids is 4. The Morgan fingerprint density at radius 2 is 1.41 bits per heavy atom. The second-order valence-electron chi connectivity index (χ2n) is 17.2. The van der Waals surface area contributed by atoms with Crippen molar-refractivity contribution in [2.24, 2.45) is 11.8 Å². The molecule has 10 rings (SSSR count). The standard InChI is InChI=1S/C47H47FN4O6/c48-32-6-1-27(2-7-32)38-12-5-29-23-35(53)9-14-39(29)44(38)28-3-10-36(11-4-28)58-37-24-30-21-34(22-31(30)25-37)51-19-17-50(18-20-51)33-8-13-40-41(26-33)47(57)52(46(40)56)42-15-16-43(54)49-45(42)55/h1-4,6-11,13-14,23,26,30-31,34,37-38,42,44,53H,5,12,15-22,24-25H2,(H,49,54,55)/t30?,31?,34?,37?,38-,42?,44+/m1/s1. The van der Waals surface area contributed by atoms with Crippen molar-refractivity contribution in [2.45, 2.75) is 81.4 Å². The molecule has 3 aliphatic carbocycles. The fraction of sp³-hybridized carbons (Fsp3) is 0.404. The lowest BCUT2D eigenvalue weighted by molar-refractivity contribution is -0.136. The maximum atomic E-state index is 13.9. The number of aromatic hydroxyl groups is 1. The van der Waals surface area contributed by atoms with Gasteiger partial charge in [0.2, 0.25) is 11.8 Å². The number of piperidine rings is 1. The first kappa shape index (κ1) is 36.8. The van der Waals surface area contributed by atoms with Gasteiger partial charge in [-0.15, -0.1) is 0 Å². The van der Waals surface area contributed by atoms with Gasteiger partial charge in [-0.05, 0) is 140 Å². The van der Waals surface area contributed by atoms with Crippen LogP contribution in [0.25, 0.3) is 0 Å². The summed E-state index contributed by atoms with van der Waals surface area (Å²) in [4.78, 5) is 56.6. The summed E-state index contributed by atoms with van der Waals surface area (Å²) < 4.78 is 20.5. The Morgan fingerprint density at radius 3 is 2.14 bits per heavy atom. The smallest absolute Gasteiger partial charge is 0.262 e. The van der Waals surface area contributed by atoms with Crippen molar-refractivity contribution in [3.05, 3.63) is 124 Å². The number of rotatable bonds is 7. The molecule has 2 saturated carbocycles. The van der Waals surface area contributed by atoms with E-state index in [9.17, 15) is 28.7 Å². The lowest BCUT2D eigenvalue weighted by atomic mass is 9.69. The van der Waals surface area contributed by atoms with E-state index >= 15 is 0 Å². The lowest BCUT2D eigenvalue weighted by Crippen LogP contribution is -2.54. The maximum absolute atomic E-state index is 13.9. The molecule has 4 aromatic rings. The van der Waals surface area contributed by atoms with Gasteiger partial charge in [-0.2, -0.15) is 0 Å². The topological polar surface area (TPSA) is 119 Å². The molecule has 0 spiro atoms. The lowest BCUT2D eigenvalue weighted by Gasteiger charge is -2.39. The van der Waals surface area contributed by atoms with Crippen LogP contribution in [-0.4, -0.2) is 82.9 Å². The Morgan fingerprint density at radius 1 is 0.707 bits per heavy atom. The van der Waals surface area contributed by atoms with Gasteiger partial charge in [0, 0.05) is 50.2 Å². The summed E-state index contributed by atoms with van der Waals surface area (Å²) in [6.07, 6.45) is 6.70. The van der Waals surface area contributed by atoms with Crippen molar-refractivity contribution in [3.8, 4) is 11.5 Å². The molecule has 2 N–H and O–H groups in total. The van der Waals surface area contributed by atoms with Gasteiger partial charge in [0.1, 0.15) is 23.4 Å². The first-order valence-electron chi connectivity index (χ1n) is 20.9. The molecular weight excluding hydrogens is 736 g/mol. The van der Waals surface area contributed by atoms with E-state index in [1.807, 2.05) is 30.3 Å². The number of imide groups is 2. The van der Waals surface area contributed by atoms with Crippen LogP contribution in [0.15, 0.2) is 84.9 Å². The average Bonchev–Trinajstić information content (AvgIpc) is 3.88. The van der Waals surface area contributed by atoms with Crippen LogP contribution in [0.5, 0.6) is 11.5 Å². The van der Waals surface area contributed by atoms with Crippen LogP contribution in [0, 0.1) is 17.7 Å². The molecule has 4 amide bonds. The third-order valence-corrected chi connectivity index (χ3v) is 14.0. The van der Waals surface area contributed by atoms with E-state index in [-0.39, 0.29) is 48.3 Å². The number of nitrogens with zero attached hydrogens (tertiary/aromatic N) is 3. The highest BCUT2D eigenvalue weighted by molar-refractivity contribution is 6.23. The number of phenolic OH excluding ortho intramolecular Hbond substituents is 1. The number of piperazine rings is 1. The molecule has 4 fully saturated rings. The van der Waals surface area contributed by atoms with Gasteiger partial charge in [0.25, 0.3) is 11.8 Å². The van der Waals surface area contributed by atoms with Gasteiger partial charge in [-0.25, -0.2) is 4.39 Å². The van der Waals surface area contributed by atoms with Crippen LogP contribution in [-0.2, 0) is 16.0 Å². The maximum Gasteiger partial charge on any atom is 0.262 e. The fourth-order valence-electron chi connectivity index (χ4n) is 11.2. The van der Waals surface area contributed by atoms with E-state index in [1.165, 1.54) is 29.5 Å². The zero-order chi connectivity index (χ0) is 39.7. The number of nitrogens with one attached hydrogen (secondary N) is 1. The molecule has 5 atom stereocenters. The number of hydrogen-bond donors (Lipinski definition) is 2. The second-order valence-corrected chi connectivity index (χ2v) is 17.2. The summed E-state index contributed by atoms with van der Waals surface area (Å²) in [6, 6.07) is 26.1. The molecule has 3 unspecified atom stereocenters. The Bertz CT molecular complexity index is 2280. The number of benzene rings is 4. The SMILES string of the molecule is O=C1CCC(N2C(=O)c3ccc(N4CCN(C5CC6CC(Oc7ccc([C@@H]8c9ccc(O)cc9CC[C@@H]8c8ccc(F)cc8)cc7)CC6C5)CC4)cc3C2=O)C(=O)N1. The van der Waals surface area contributed by atoms with Gasteiger partial charge in [0.05, 0.1) is 17.2 Å². The minimum atomic E-state index is -0.968. The number of hydrogen-bond acceptors (Lipinski definition) is 8.